The Kier molecular flexibility index (Phi) is 6.79. The predicted octanol–water partition coefficient (Wildman–Crippen LogP) is 5.08. The van der Waals surface area contributed by atoms with Crippen LogP contribution in [-0.2, 0) is 0 Å². The Morgan fingerprint density at radius 2 is 1.38 bits per heavy atom. The Balaban J connectivity index is 1.69. The smallest absolute Gasteiger partial charge is 0.176 e. The molecule has 0 spiro atoms. The van der Waals surface area contributed by atoms with E-state index in [1.165, 1.54) is 14.2 Å². The number of rotatable bonds is 7. The van der Waals surface area contributed by atoms with Crippen LogP contribution in [0.15, 0.2) is 54.6 Å². The Labute approximate surface area is 201 Å². The molecular formula is C25H21ClN4O4. The molecule has 0 bridgehead atoms. The van der Waals surface area contributed by atoms with Crippen molar-refractivity contribution < 1.29 is 19.7 Å². The summed E-state index contributed by atoms with van der Waals surface area (Å²) in [4.78, 5) is 0. The number of nitrogens with zero attached hydrogens (tertiary/aromatic N) is 4. The van der Waals surface area contributed by atoms with Crippen LogP contribution in [-0.4, -0.2) is 44.4 Å². The van der Waals surface area contributed by atoms with Gasteiger partial charge < -0.3 is 19.7 Å². The monoisotopic (exact) mass is 476 g/mol. The molecule has 2 heterocycles. The number of benzene rings is 2. The fourth-order valence-corrected chi connectivity index (χ4v) is 3.28. The first kappa shape index (κ1) is 22.9. The number of hydrogen-bond donors (Lipinski definition) is 2. The van der Waals surface area contributed by atoms with Gasteiger partial charge in [-0.25, -0.2) is 4.68 Å². The van der Waals surface area contributed by atoms with E-state index in [4.69, 9.17) is 21.1 Å². The normalized spacial score (nSPS) is 11.4. The molecule has 4 rings (SSSR count). The minimum atomic E-state index is 0.0689. The maximum Gasteiger partial charge on any atom is 0.176 e. The highest BCUT2D eigenvalue weighted by Gasteiger charge is 2.09. The van der Waals surface area contributed by atoms with E-state index in [-0.39, 0.29) is 16.7 Å². The van der Waals surface area contributed by atoms with Gasteiger partial charge in [0.25, 0.3) is 0 Å². The summed E-state index contributed by atoms with van der Waals surface area (Å²) in [5.74, 6) is 1.41. The molecule has 0 amide bonds. The zero-order valence-corrected chi connectivity index (χ0v) is 19.1. The lowest BCUT2D eigenvalue weighted by Gasteiger charge is -2.04. The van der Waals surface area contributed by atoms with E-state index < -0.39 is 0 Å². The first-order valence-corrected chi connectivity index (χ1v) is 10.5. The van der Waals surface area contributed by atoms with Crippen molar-refractivity contribution in [1.82, 2.24) is 20.0 Å². The van der Waals surface area contributed by atoms with E-state index in [1.807, 2.05) is 30.4 Å². The third kappa shape index (κ3) is 5.19. The molecule has 0 unspecified atom stereocenters. The van der Waals surface area contributed by atoms with Crippen LogP contribution < -0.4 is 9.47 Å². The molecule has 0 aliphatic carbocycles. The second-order valence-electron chi connectivity index (χ2n) is 7.15. The Morgan fingerprint density at radius 1 is 0.765 bits per heavy atom. The largest absolute Gasteiger partial charge is 0.504 e. The van der Waals surface area contributed by atoms with Gasteiger partial charge in [-0.1, -0.05) is 35.9 Å². The van der Waals surface area contributed by atoms with Crippen molar-refractivity contribution in [3.05, 3.63) is 82.3 Å². The standard InChI is InChI=1S/C25H21ClN4O4/c1-33-22-13-16(5-9-20(22)31)3-7-18-15-19(30(29-18)25-12-11-24(26)27-28-25)8-4-17-6-10-21(32)23(14-17)34-2/h3-15,31-32H,1-2H3/b7-3+,8-4+. The van der Waals surface area contributed by atoms with Crippen molar-refractivity contribution >= 4 is 35.9 Å². The molecule has 172 valence electrons. The van der Waals surface area contributed by atoms with Crippen molar-refractivity contribution in [2.45, 2.75) is 0 Å². The summed E-state index contributed by atoms with van der Waals surface area (Å²) in [6.07, 6.45) is 7.44. The molecule has 4 aromatic rings. The number of hydrogen-bond acceptors (Lipinski definition) is 7. The number of methoxy groups -OCH3 is 2. The molecule has 0 radical (unpaired) electrons. The van der Waals surface area contributed by atoms with E-state index in [9.17, 15) is 10.2 Å². The molecule has 0 saturated heterocycles. The summed E-state index contributed by atoms with van der Waals surface area (Å²) in [5, 5.41) is 32.6. The molecule has 2 aromatic heterocycles. The van der Waals surface area contributed by atoms with E-state index in [1.54, 1.807) is 53.2 Å². The third-order valence-corrected chi connectivity index (χ3v) is 5.09. The van der Waals surface area contributed by atoms with Crippen molar-refractivity contribution in [3.8, 4) is 28.8 Å². The predicted molar refractivity (Wildman–Crippen MR) is 131 cm³/mol. The van der Waals surface area contributed by atoms with E-state index in [2.05, 4.69) is 15.3 Å². The van der Waals surface area contributed by atoms with E-state index in [0.29, 0.717) is 23.0 Å². The topological polar surface area (TPSA) is 103 Å². The van der Waals surface area contributed by atoms with Crippen molar-refractivity contribution in [2.24, 2.45) is 0 Å². The SMILES string of the molecule is COc1cc(/C=C/c2cc(/C=C/c3ccc(O)c(OC)c3)n(-c3ccc(Cl)nn3)n2)ccc1O. The summed E-state index contributed by atoms with van der Waals surface area (Å²) in [5.41, 5.74) is 3.08. The molecule has 0 saturated carbocycles. The van der Waals surface area contributed by atoms with E-state index in [0.717, 1.165) is 16.8 Å². The van der Waals surface area contributed by atoms with Gasteiger partial charge in [0.05, 0.1) is 25.6 Å². The van der Waals surface area contributed by atoms with Crippen molar-refractivity contribution in [3.63, 3.8) is 0 Å². The fraction of sp³-hybridized carbons (Fsp3) is 0.0800. The highest BCUT2D eigenvalue weighted by Crippen LogP contribution is 2.28. The van der Waals surface area contributed by atoms with E-state index >= 15 is 0 Å². The maximum absolute atomic E-state index is 9.82. The number of ether oxygens (including phenoxy) is 2. The molecular weight excluding hydrogens is 456 g/mol. The molecule has 0 aliphatic rings. The van der Waals surface area contributed by atoms with Gasteiger partial charge in [-0.15, -0.1) is 10.2 Å². The van der Waals surface area contributed by atoms with Gasteiger partial charge in [0.2, 0.25) is 0 Å². The van der Waals surface area contributed by atoms with Gasteiger partial charge in [-0.3, -0.25) is 0 Å². The Morgan fingerprint density at radius 3 is 1.94 bits per heavy atom. The third-order valence-electron chi connectivity index (χ3n) is 4.89. The van der Waals surface area contributed by atoms with Gasteiger partial charge in [-0.2, -0.15) is 5.10 Å². The highest BCUT2D eigenvalue weighted by molar-refractivity contribution is 6.29. The second kappa shape index (κ2) is 10.1. The molecule has 0 fully saturated rings. The van der Waals surface area contributed by atoms with Gasteiger partial charge >= 0.3 is 0 Å². The molecule has 9 heteroatoms. The zero-order valence-electron chi connectivity index (χ0n) is 18.4. The summed E-state index contributed by atoms with van der Waals surface area (Å²) in [6.45, 7) is 0. The van der Waals surface area contributed by atoms with Gasteiger partial charge in [0.1, 0.15) is 0 Å². The van der Waals surface area contributed by atoms with Crippen LogP contribution in [0.1, 0.15) is 22.5 Å². The van der Waals surface area contributed by atoms with Crippen LogP contribution in [0, 0.1) is 0 Å². The first-order valence-electron chi connectivity index (χ1n) is 10.2. The lowest BCUT2D eigenvalue weighted by molar-refractivity contribution is 0.373. The fourth-order valence-electron chi connectivity index (χ4n) is 3.18. The van der Waals surface area contributed by atoms with Gasteiger partial charge in [-0.05, 0) is 65.7 Å². The number of phenols is 2. The Bertz CT molecular complexity index is 1360. The summed E-state index contributed by atoms with van der Waals surface area (Å²) in [7, 11) is 3.00. The summed E-state index contributed by atoms with van der Waals surface area (Å²) >= 11 is 5.89. The molecule has 34 heavy (non-hydrogen) atoms. The lowest BCUT2D eigenvalue weighted by Crippen LogP contribution is -2.03. The van der Waals surface area contributed by atoms with Crippen LogP contribution >= 0.6 is 11.6 Å². The van der Waals surface area contributed by atoms with Crippen LogP contribution in [0.25, 0.3) is 30.1 Å². The molecule has 2 aromatic carbocycles. The number of aromatic nitrogens is 4. The van der Waals surface area contributed by atoms with Crippen LogP contribution in [0.5, 0.6) is 23.0 Å². The van der Waals surface area contributed by atoms with Crippen LogP contribution in [0.2, 0.25) is 5.15 Å². The van der Waals surface area contributed by atoms with Crippen molar-refractivity contribution in [1.29, 1.82) is 0 Å². The lowest BCUT2D eigenvalue weighted by atomic mass is 10.1. The zero-order chi connectivity index (χ0) is 24.1. The van der Waals surface area contributed by atoms with Crippen LogP contribution in [0.3, 0.4) is 0 Å². The summed E-state index contributed by atoms with van der Waals surface area (Å²) < 4.78 is 12.0. The maximum atomic E-state index is 9.82. The quantitative estimate of drug-likeness (QED) is 0.383. The van der Waals surface area contributed by atoms with Crippen molar-refractivity contribution in [2.75, 3.05) is 14.2 Å². The second-order valence-corrected chi connectivity index (χ2v) is 7.54. The number of halogens is 1. The Hall–Kier alpha value is -4.30. The average molecular weight is 477 g/mol. The molecule has 0 aliphatic heterocycles. The first-order chi connectivity index (χ1) is 16.5. The summed E-state index contributed by atoms with van der Waals surface area (Å²) in [6, 6.07) is 15.4. The number of aromatic hydroxyl groups is 2. The van der Waals surface area contributed by atoms with Gasteiger partial charge in [0, 0.05) is 0 Å². The minimum Gasteiger partial charge on any atom is -0.504 e. The average Bonchev–Trinajstić information content (AvgIpc) is 3.26. The molecule has 0 atom stereocenters. The number of phenolic OH excluding ortho intramolecular Hbond substituents is 2. The van der Waals surface area contributed by atoms with Crippen LogP contribution in [0.4, 0.5) is 0 Å². The van der Waals surface area contributed by atoms with Gasteiger partial charge in [0.15, 0.2) is 34.0 Å². The molecule has 8 nitrogen and oxygen atoms in total. The minimum absolute atomic E-state index is 0.0689. The highest BCUT2D eigenvalue weighted by atomic mass is 35.5. The molecule has 2 N–H and O–H groups in total.